The van der Waals surface area contributed by atoms with Gasteiger partial charge in [0.25, 0.3) is 0 Å². The van der Waals surface area contributed by atoms with Crippen molar-refractivity contribution in [3.05, 3.63) is 52.8 Å². The van der Waals surface area contributed by atoms with Gasteiger partial charge in [-0.15, -0.1) is 0 Å². The summed E-state index contributed by atoms with van der Waals surface area (Å²) in [4.78, 5) is 26.0. The summed E-state index contributed by atoms with van der Waals surface area (Å²) in [5.41, 5.74) is 1.43. The molecular weight excluding hydrogens is 427 g/mol. The van der Waals surface area contributed by atoms with Gasteiger partial charge in [-0.25, -0.2) is 19.2 Å². The zero-order valence-corrected chi connectivity index (χ0v) is 18.3. The summed E-state index contributed by atoms with van der Waals surface area (Å²) in [5.74, 6) is 0.146. The smallest absolute Gasteiger partial charge is 0.330 e. The number of hydrogen-bond donors (Lipinski definition) is 2. The van der Waals surface area contributed by atoms with Crippen LogP contribution in [0.3, 0.4) is 0 Å². The molecule has 2 saturated carbocycles. The number of imidazole rings is 1. The fraction of sp³-hybridized carbons (Fsp3) is 0.391. The number of halogens is 1. The number of hydrogen-bond acceptors (Lipinski definition) is 7. The number of aromatic nitrogens is 5. The predicted molar refractivity (Wildman–Crippen MR) is 119 cm³/mol. The lowest BCUT2D eigenvalue weighted by molar-refractivity contribution is 0.0521. The Morgan fingerprint density at radius 2 is 2.00 bits per heavy atom. The van der Waals surface area contributed by atoms with E-state index in [4.69, 9.17) is 4.42 Å². The highest BCUT2D eigenvalue weighted by Gasteiger charge is 2.55. The minimum atomic E-state index is -0.699. The molecule has 3 aromatic heterocycles. The number of aliphatic hydroxyl groups is 1. The highest BCUT2D eigenvalue weighted by molar-refractivity contribution is 5.74. The minimum Gasteiger partial charge on any atom is -0.443 e. The van der Waals surface area contributed by atoms with Gasteiger partial charge in [0.2, 0.25) is 5.95 Å². The van der Waals surface area contributed by atoms with Crippen LogP contribution >= 0.6 is 0 Å². The number of fused-ring (bicyclic) bond motifs is 3. The van der Waals surface area contributed by atoms with Crippen LogP contribution in [-0.2, 0) is 12.6 Å². The Hall–Kier alpha value is -3.53. The molecule has 2 bridgehead atoms. The molecule has 1 aromatic carbocycles. The summed E-state index contributed by atoms with van der Waals surface area (Å²) in [6, 6.07) is 3.04. The van der Waals surface area contributed by atoms with Gasteiger partial charge in [0.1, 0.15) is 11.3 Å². The van der Waals surface area contributed by atoms with E-state index in [0.717, 1.165) is 18.4 Å². The predicted octanol–water partition coefficient (Wildman–Crippen LogP) is 3.38. The Balaban J connectivity index is 1.41. The molecule has 9 nitrogen and oxygen atoms in total. The van der Waals surface area contributed by atoms with Gasteiger partial charge in [-0.2, -0.15) is 4.98 Å². The molecule has 6 rings (SSSR count). The Morgan fingerprint density at radius 1 is 1.21 bits per heavy atom. The molecule has 0 saturated heterocycles. The summed E-state index contributed by atoms with van der Waals surface area (Å²) < 4.78 is 23.3. The fourth-order valence-corrected chi connectivity index (χ4v) is 5.52. The number of anilines is 2. The zero-order valence-electron chi connectivity index (χ0n) is 18.3. The third-order valence-corrected chi connectivity index (χ3v) is 7.30. The Labute approximate surface area is 187 Å². The van der Waals surface area contributed by atoms with Gasteiger partial charge < -0.3 is 14.8 Å². The maximum absolute atomic E-state index is 14.8. The van der Waals surface area contributed by atoms with E-state index in [1.54, 1.807) is 28.4 Å². The maximum atomic E-state index is 14.8. The molecule has 3 heterocycles. The van der Waals surface area contributed by atoms with Crippen LogP contribution < -0.4 is 11.0 Å². The largest absolute Gasteiger partial charge is 0.443 e. The second-order valence-corrected chi connectivity index (χ2v) is 9.34. The van der Waals surface area contributed by atoms with Gasteiger partial charge in [0.05, 0.1) is 29.1 Å². The highest BCUT2D eigenvalue weighted by atomic mass is 19.1. The van der Waals surface area contributed by atoms with Crippen LogP contribution in [0.2, 0.25) is 0 Å². The quantitative estimate of drug-likeness (QED) is 0.490. The van der Waals surface area contributed by atoms with Crippen molar-refractivity contribution < 1.29 is 13.9 Å². The molecule has 170 valence electrons. The van der Waals surface area contributed by atoms with Crippen molar-refractivity contribution in [2.45, 2.75) is 50.2 Å². The Morgan fingerprint density at radius 3 is 2.67 bits per heavy atom. The lowest BCUT2D eigenvalue weighted by Gasteiger charge is -2.27. The summed E-state index contributed by atoms with van der Waals surface area (Å²) in [6.07, 6.45) is 7.72. The molecule has 0 amide bonds. The van der Waals surface area contributed by atoms with Crippen molar-refractivity contribution in [1.82, 2.24) is 24.1 Å². The van der Waals surface area contributed by atoms with E-state index in [-0.39, 0.29) is 11.6 Å². The maximum Gasteiger partial charge on any atom is 0.330 e. The van der Waals surface area contributed by atoms with E-state index >= 15 is 0 Å². The Bertz CT molecular complexity index is 1450. The number of benzene rings is 1. The van der Waals surface area contributed by atoms with E-state index in [1.165, 1.54) is 18.7 Å². The lowest BCUT2D eigenvalue weighted by Crippen LogP contribution is -2.38. The van der Waals surface area contributed by atoms with E-state index in [1.807, 2.05) is 6.92 Å². The average Bonchev–Trinajstić information content (AvgIpc) is 3.55. The summed E-state index contributed by atoms with van der Waals surface area (Å²) in [6.45, 7) is 1.84. The van der Waals surface area contributed by atoms with Gasteiger partial charge in [-0.05, 0) is 56.7 Å². The van der Waals surface area contributed by atoms with E-state index in [2.05, 4.69) is 20.3 Å². The molecule has 0 unspecified atom stereocenters. The molecule has 2 N–H and O–H groups in total. The molecule has 2 aliphatic carbocycles. The molecule has 33 heavy (non-hydrogen) atoms. The molecule has 0 aliphatic heterocycles. The van der Waals surface area contributed by atoms with Crippen LogP contribution in [0.5, 0.6) is 0 Å². The molecule has 0 radical (unpaired) electrons. The van der Waals surface area contributed by atoms with Crippen molar-refractivity contribution >= 4 is 22.8 Å². The van der Waals surface area contributed by atoms with Crippen molar-refractivity contribution in [2.24, 2.45) is 7.05 Å². The standard InChI is InChI=1S/C23H23FN6O3/c1-13-7-14(18-10-25-12-33-18)15(24)8-16(13)27-20-26-9-17-19(28-20)30(21(31)29(17)2)22-3-5-23(32,11-22)6-4-22/h7-10,12,32H,3-6,11H2,1-2H3,(H,26,27,28). The van der Waals surface area contributed by atoms with Gasteiger partial charge in [0.15, 0.2) is 17.8 Å². The number of aryl methyl sites for hydroxylation is 2. The minimum absolute atomic E-state index is 0.166. The number of nitrogens with zero attached hydrogens (tertiary/aromatic N) is 5. The second kappa shape index (κ2) is 6.74. The first kappa shape index (κ1) is 20.1. The van der Waals surface area contributed by atoms with Gasteiger partial charge in [-0.1, -0.05) is 0 Å². The molecule has 2 fully saturated rings. The Kier molecular flexibility index (Phi) is 4.10. The van der Waals surface area contributed by atoms with E-state index < -0.39 is 17.0 Å². The lowest BCUT2D eigenvalue weighted by atomic mass is 9.92. The highest BCUT2D eigenvalue weighted by Crippen LogP contribution is 2.55. The molecule has 0 spiro atoms. The van der Waals surface area contributed by atoms with Crippen LogP contribution in [0.25, 0.3) is 22.5 Å². The molecule has 10 heteroatoms. The first-order chi connectivity index (χ1) is 15.8. The molecule has 0 atom stereocenters. The topological polar surface area (TPSA) is 111 Å². The van der Waals surface area contributed by atoms with Crippen molar-refractivity contribution in [1.29, 1.82) is 0 Å². The van der Waals surface area contributed by atoms with Crippen LogP contribution in [0, 0.1) is 12.7 Å². The molecule has 2 aliphatic rings. The summed E-state index contributed by atoms with van der Waals surface area (Å²) >= 11 is 0. The summed E-state index contributed by atoms with van der Waals surface area (Å²) in [7, 11) is 1.70. The number of nitrogens with one attached hydrogen (secondary N) is 1. The van der Waals surface area contributed by atoms with Crippen LogP contribution in [-0.4, -0.2) is 34.8 Å². The van der Waals surface area contributed by atoms with Gasteiger partial charge in [-0.3, -0.25) is 9.13 Å². The average molecular weight is 450 g/mol. The monoisotopic (exact) mass is 450 g/mol. The van der Waals surface area contributed by atoms with E-state index in [9.17, 15) is 14.3 Å². The van der Waals surface area contributed by atoms with Crippen molar-refractivity contribution in [3.63, 3.8) is 0 Å². The molecule has 4 aromatic rings. The first-order valence-electron chi connectivity index (χ1n) is 10.9. The van der Waals surface area contributed by atoms with E-state index in [0.29, 0.717) is 47.4 Å². The van der Waals surface area contributed by atoms with Crippen LogP contribution in [0.15, 0.2) is 40.1 Å². The van der Waals surface area contributed by atoms with Crippen LogP contribution in [0.4, 0.5) is 16.0 Å². The number of oxazole rings is 1. The van der Waals surface area contributed by atoms with Crippen molar-refractivity contribution in [3.8, 4) is 11.3 Å². The summed E-state index contributed by atoms with van der Waals surface area (Å²) in [5, 5.41) is 13.8. The van der Waals surface area contributed by atoms with Gasteiger partial charge >= 0.3 is 5.69 Å². The SMILES string of the molecule is Cc1cc(-c2cnco2)c(F)cc1Nc1ncc2c(n1)n(C13CCC(O)(CC1)C3)c(=O)n2C. The third-order valence-electron chi connectivity index (χ3n) is 7.30. The third kappa shape index (κ3) is 2.93. The fourth-order valence-electron chi connectivity index (χ4n) is 5.52. The zero-order chi connectivity index (χ0) is 23.0. The first-order valence-corrected chi connectivity index (χ1v) is 10.9. The second-order valence-electron chi connectivity index (χ2n) is 9.34. The van der Waals surface area contributed by atoms with Crippen molar-refractivity contribution in [2.75, 3.05) is 5.32 Å². The normalized spacial score (nSPS) is 24.1. The molecular formula is C23H23FN6O3. The number of rotatable bonds is 4. The van der Waals surface area contributed by atoms with Crippen LogP contribution in [0.1, 0.15) is 37.7 Å². The van der Waals surface area contributed by atoms with Gasteiger partial charge in [0, 0.05) is 12.7 Å².